The van der Waals surface area contributed by atoms with Gasteiger partial charge in [-0.1, -0.05) is 30.3 Å². The highest BCUT2D eigenvalue weighted by Crippen LogP contribution is 2.30. The predicted octanol–water partition coefficient (Wildman–Crippen LogP) is 3.33. The van der Waals surface area contributed by atoms with Crippen molar-refractivity contribution in [3.05, 3.63) is 60.2 Å². The molecule has 1 N–H and O–H groups in total. The van der Waals surface area contributed by atoms with Crippen molar-refractivity contribution in [3.8, 4) is 17.2 Å². The summed E-state index contributed by atoms with van der Waals surface area (Å²) in [5, 5.41) is 2.96. The number of amides is 2. The van der Waals surface area contributed by atoms with Crippen molar-refractivity contribution >= 4 is 11.6 Å². The van der Waals surface area contributed by atoms with Crippen LogP contribution in [0.2, 0.25) is 0 Å². The van der Waals surface area contributed by atoms with E-state index in [0.717, 1.165) is 23.7 Å². The van der Waals surface area contributed by atoms with Crippen molar-refractivity contribution in [2.24, 2.45) is 0 Å². The Balaban J connectivity index is 1.27. The first-order chi connectivity index (χ1) is 13.7. The molecule has 2 aliphatic rings. The number of benzene rings is 2. The first kappa shape index (κ1) is 18.2. The third kappa shape index (κ3) is 4.06. The van der Waals surface area contributed by atoms with Crippen LogP contribution in [-0.4, -0.2) is 50.4 Å². The number of ether oxygens (including phenoxy) is 3. The molecular formula is C22H24N2O4. The number of nitrogens with zero attached hydrogens (tertiary/aromatic N) is 1. The molecule has 28 heavy (non-hydrogen) atoms. The van der Waals surface area contributed by atoms with Gasteiger partial charge in [0.1, 0.15) is 12.4 Å². The molecule has 4 rings (SSSR count). The lowest BCUT2D eigenvalue weighted by Crippen LogP contribution is -2.47. The molecule has 0 fully saturated rings. The molecular weight excluding hydrogens is 356 g/mol. The molecule has 1 atom stereocenters. The predicted molar refractivity (Wildman–Crippen MR) is 107 cm³/mol. The first-order valence-corrected chi connectivity index (χ1v) is 9.47. The molecule has 2 aromatic carbocycles. The maximum absolute atomic E-state index is 12.5. The van der Waals surface area contributed by atoms with Crippen molar-refractivity contribution < 1.29 is 19.0 Å². The molecule has 0 aliphatic carbocycles. The highest BCUT2D eigenvalue weighted by atomic mass is 16.6. The van der Waals surface area contributed by atoms with Crippen molar-refractivity contribution in [2.45, 2.75) is 12.5 Å². The summed E-state index contributed by atoms with van der Waals surface area (Å²) in [5.41, 5.74) is 2.43. The molecule has 0 aromatic heterocycles. The zero-order valence-electron chi connectivity index (χ0n) is 15.9. The average Bonchev–Trinajstić information content (AvgIpc) is 2.77. The minimum atomic E-state index is -0.186. The quantitative estimate of drug-likeness (QED) is 0.884. The fourth-order valence-electron chi connectivity index (χ4n) is 3.40. The Morgan fingerprint density at radius 1 is 1.18 bits per heavy atom. The summed E-state index contributed by atoms with van der Waals surface area (Å²) >= 11 is 0. The van der Waals surface area contributed by atoms with Gasteiger partial charge in [0, 0.05) is 13.1 Å². The van der Waals surface area contributed by atoms with Crippen LogP contribution in [0.1, 0.15) is 12.0 Å². The van der Waals surface area contributed by atoms with Crippen LogP contribution in [0.3, 0.4) is 0 Å². The van der Waals surface area contributed by atoms with Crippen LogP contribution in [0.4, 0.5) is 4.79 Å². The van der Waals surface area contributed by atoms with E-state index in [1.165, 1.54) is 11.1 Å². The fourth-order valence-corrected chi connectivity index (χ4v) is 3.40. The summed E-state index contributed by atoms with van der Waals surface area (Å²) in [6, 6.07) is 15.5. The Labute approximate surface area is 164 Å². The number of methoxy groups -OCH3 is 1. The molecule has 6 heteroatoms. The zero-order chi connectivity index (χ0) is 19.3. The van der Waals surface area contributed by atoms with Crippen LogP contribution >= 0.6 is 0 Å². The van der Waals surface area contributed by atoms with Gasteiger partial charge < -0.3 is 24.4 Å². The third-order valence-corrected chi connectivity index (χ3v) is 5.01. The van der Waals surface area contributed by atoms with Gasteiger partial charge in [-0.15, -0.1) is 0 Å². The maximum Gasteiger partial charge on any atom is 0.317 e. The second-order valence-corrected chi connectivity index (χ2v) is 6.84. The number of hydrogen-bond donors (Lipinski definition) is 1. The Hall–Kier alpha value is -3.15. The van der Waals surface area contributed by atoms with Crippen LogP contribution in [0.25, 0.3) is 5.57 Å². The topological polar surface area (TPSA) is 60.0 Å². The molecule has 0 bridgehead atoms. The molecule has 2 amide bonds. The number of urea groups is 1. The Bertz CT molecular complexity index is 863. The number of carbonyl (C=O) groups excluding carboxylic acids is 1. The van der Waals surface area contributed by atoms with Gasteiger partial charge in [-0.25, -0.2) is 4.79 Å². The molecule has 2 aromatic rings. The minimum Gasteiger partial charge on any atom is -0.497 e. The molecule has 0 radical (unpaired) electrons. The normalized spacial score (nSPS) is 18.2. The van der Waals surface area contributed by atoms with Crippen LogP contribution in [0.5, 0.6) is 17.2 Å². The Kier molecular flexibility index (Phi) is 5.37. The van der Waals surface area contributed by atoms with Gasteiger partial charge >= 0.3 is 6.03 Å². The van der Waals surface area contributed by atoms with Crippen LogP contribution < -0.4 is 19.5 Å². The number of nitrogens with one attached hydrogen (secondary N) is 1. The molecule has 0 saturated carbocycles. The van der Waals surface area contributed by atoms with Crippen molar-refractivity contribution in [2.75, 3.05) is 33.4 Å². The second-order valence-electron chi connectivity index (χ2n) is 6.84. The van der Waals surface area contributed by atoms with Gasteiger partial charge in [0.25, 0.3) is 0 Å². The number of rotatable bonds is 4. The van der Waals surface area contributed by atoms with Gasteiger partial charge in [-0.2, -0.15) is 0 Å². The van der Waals surface area contributed by atoms with Gasteiger partial charge in [0.15, 0.2) is 17.6 Å². The van der Waals surface area contributed by atoms with Crippen molar-refractivity contribution in [1.82, 2.24) is 10.2 Å². The number of para-hydroxylation sites is 2. The molecule has 2 aliphatic heterocycles. The highest BCUT2D eigenvalue weighted by molar-refractivity contribution is 5.76. The zero-order valence-corrected chi connectivity index (χ0v) is 15.9. The second kappa shape index (κ2) is 8.25. The van der Waals surface area contributed by atoms with E-state index in [4.69, 9.17) is 14.2 Å². The monoisotopic (exact) mass is 380 g/mol. The van der Waals surface area contributed by atoms with Crippen LogP contribution in [-0.2, 0) is 0 Å². The molecule has 146 valence electrons. The van der Waals surface area contributed by atoms with E-state index >= 15 is 0 Å². The molecule has 6 nitrogen and oxygen atoms in total. The minimum absolute atomic E-state index is 0.0764. The van der Waals surface area contributed by atoms with E-state index in [1.807, 2.05) is 41.3 Å². The van der Waals surface area contributed by atoms with Crippen molar-refractivity contribution in [1.29, 1.82) is 0 Å². The SMILES string of the molecule is COc1ccc(C2=CCN(C(=O)NCC3COc4ccccc4O3)CC2)cc1. The number of hydrogen-bond acceptors (Lipinski definition) is 4. The van der Waals surface area contributed by atoms with E-state index in [0.29, 0.717) is 26.2 Å². The smallest absolute Gasteiger partial charge is 0.317 e. The molecule has 1 unspecified atom stereocenters. The summed E-state index contributed by atoms with van der Waals surface area (Å²) in [5.74, 6) is 2.31. The maximum atomic E-state index is 12.5. The highest BCUT2D eigenvalue weighted by Gasteiger charge is 2.23. The lowest BCUT2D eigenvalue weighted by Gasteiger charge is -2.29. The summed E-state index contributed by atoms with van der Waals surface area (Å²) in [7, 11) is 1.66. The van der Waals surface area contributed by atoms with Gasteiger partial charge in [-0.3, -0.25) is 0 Å². The first-order valence-electron chi connectivity index (χ1n) is 9.47. The van der Waals surface area contributed by atoms with E-state index in [2.05, 4.69) is 23.5 Å². The fraction of sp³-hybridized carbons (Fsp3) is 0.318. The standard InChI is InChI=1S/C22H24N2O4/c1-26-18-8-6-16(7-9-18)17-10-12-24(13-11-17)22(25)23-14-19-15-27-20-4-2-3-5-21(20)28-19/h2-10,19H,11-15H2,1H3,(H,23,25). The van der Waals surface area contributed by atoms with Gasteiger partial charge in [0.2, 0.25) is 0 Å². The number of carbonyl (C=O) groups is 1. The number of fused-ring (bicyclic) bond motifs is 1. The van der Waals surface area contributed by atoms with Crippen LogP contribution in [0, 0.1) is 0 Å². The largest absolute Gasteiger partial charge is 0.497 e. The summed E-state index contributed by atoms with van der Waals surface area (Å²) in [6.07, 6.45) is 2.76. The summed E-state index contributed by atoms with van der Waals surface area (Å²) < 4.78 is 16.8. The van der Waals surface area contributed by atoms with E-state index < -0.39 is 0 Å². The van der Waals surface area contributed by atoms with Crippen molar-refractivity contribution in [3.63, 3.8) is 0 Å². The Morgan fingerprint density at radius 3 is 2.68 bits per heavy atom. The lowest BCUT2D eigenvalue weighted by molar-refractivity contribution is 0.0903. The average molecular weight is 380 g/mol. The lowest BCUT2D eigenvalue weighted by atomic mass is 9.99. The summed E-state index contributed by atoms with van der Waals surface area (Å²) in [4.78, 5) is 14.3. The molecule has 2 heterocycles. The van der Waals surface area contributed by atoms with Crippen LogP contribution in [0.15, 0.2) is 54.6 Å². The third-order valence-electron chi connectivity index (χ3n) is 5.01. The summed E-state index contributed by atoms with van der Waals surface area (Å²) in [6.45, 7) is 2.13. The molecule has 0 saturated heterocycles. The Morgan fingerprint density at radius 2 is 1.96 bits per heavy atom. The van der Waals surface area contributed by atoms with E-state index in [9.17, 15) is 4.79 Å². The van der Waals surface area contributed by atoms with Gasteiger partial charge in [-0.05, 0) is 41.8 Å². The van der Waals surface area contributed by atoms with E-state index in [-0.39, 0.29) is 12.1 Å². The van der Waals surface area contributed by atoms with Gasteiger partial charge in [0.05, 0.1) is 13.7 Å². The molecule has 0 spiro atoms. The van der Waals surface area contributed by atoms with E-state index in [1.54, 1.807) is 7.11 Å².